The Hall–Kier alpha value is -2.08. The number of piperidine rings is 1. The number of rotatable bonds is 10. The fourth-order valence-corrected chi connectivity index (χ4v) is 3.46. The summed E-state index contributed by atoms with van der Waals surface area (Å²) in [5.41, 5.74) is 1.88. The number of aliphatic imine (C=N–C) groups is 1. The predicted octanol–water partition coefficient (Wildman–Crippen LogP) is 3.18. The molecule has 1 heterocycles. The summed E-state index contributed by atoms with van der Waals surface area (Å²) >= 11 is 0. The summed E-state index contributed by atoms with van der Waals surface area (Å²) in [6, 6.07) is 7.88. The SMILES string of the molecule is CCNC(=NCc1ccc(C(=O)N2CCCCC2)cc1)NCCCOCC1CC1. The molecule has 29 heavy (non-hydrogen) atoms. The van der Waals surface area contributed by atoms with Crippen LogP contribution < -0.4 is 10.6 Å². The molecule has 6 nitrogen and oxygen atoms in total. The quantitative estimate of drug-likeness (QED) is 0.360. The van der Waals surface area contributed by atoms with Crippen LogP contribution in [0, 0.1) is 5.92 Å². The molecule has 6 heteroatoms. The topological polar surface area (TPSA) is 66.0 Å². The van der Waals surface area contributed by atoms with Crippen molar-refractivity contribution in [2.75, 3.05) is 39.4 Å². The highest BCUT2D eigenvalue weighted by molar-refractivity contribution is 5.94. The number of likely N-dealkylation sites (tertiary alicyclic amines) is 1. The molecule has 1 aromatic rings. The number of hydrogen-bond acceptors (Lipinski definition) is 3. The van der Waals surface area contributed by atoms with Crippen LogP contribution in [0.4, 0.5) is 0 Å². The Kier molecular flexibility index (Phi) is 8.81. The summed E-state index contributed by atoms with van der Waals surface area (Å²) in [4.78, 5) is 19.2. The van der Waals surface area contributed by atoms with Crippen molar-refractivity contribution in [3.8, 4) is 0 Å². The molecule has 1 saturated carbocycles. The second-order valence-electron chi connectivity index (χ2n) is 8.04. The maximum absolute atomic E-state index is 12.6. The van der Waals surface area contributed by atoms with Crippen molar-refractivity contribution in [2.24, 2.45) is 10.9 Å². The normalized spacial score (nSPS) is 17.3. The highest BCUT2D eigenvalue weighted by Gasteiger charge is 2.20. The van der Waals surface area contributed by atoms with Gasteiger partial charge in [-0.3, -0.25) is 4.79 Å². The lowest BCUT2D eigenvalue weighted by molar-refractivity contribution is 0.0724. The lowest BCUT2D eigenvalue weighted by atomic mass is 10.1. The summed E-state index contributed by atoms with van der Waals surface area (Å²) in [5.74, 6) is 1.80. The molecule has 0 unspecified atom stereocenters. The van der Waals surface area contributed by atoms with E-state index >= 15 is 0 Å². The summed E-state index contributed by atoms with van der Waals surface area (Å²) < 4.78 is 5.67. The van der Waals surface area contributed by atoms with E-state index in [1.807, 2.05) is 29.2 Å². The minimum Gasteiger partial charge on any atom is -0.381 e. The minimum absolute atomic E-state index is 0.152. The van der Waals surface area contributed by atoms with E-state index in [1.165, 1.54) is 19.3 Å². The van der Waals surface area contributed by atoms with Crippen LogP contribution in [-0.4, -0.2) is 56.2 Å². The zero-order chi connectivity index (χ0) is 20.3. The van der Waals surface area contributed by atoms with Crippen molar-refractivity contribution in [2.45, 2.75) is 52.0 Å². The summed E-state index contributed by atoms with van der Waals surface area (Å²) in [5, 5.41) is 6.65. The number of carbonyl (C=O) groups is 1. The number of carbonyl (C=O) groups excluding carboxylic acids is 1. The lowest BCUT2D eigenvalue weighted by Gasteiger charge is -2.26. The lowest BCUT2D eigenvalue weighted by Crippen LogP contribution is -2.38. The first-order valence-electron chi connectivity index (χ1n) is 11.2. The van der Waals surface area contributed by atoms with Crippen LogP contribution in [0.3, 0.4) is 0 Å². The Labute approximate surface area is 175 Å². The van der Waals surface area contributed by atoms with Crippen molar-refractivity contribution < 1.29 is 9.53 Å². The first-order chi connectivity index (χ1) is 14.3. The average molecular weight is 401 g/mol. The van der Waals surface area contributed by atoms with Gasteiger partial charge in [-0.15, -0.1) is 0 Å². The zero-order valence-corrected chi connectivity index (χ0v) is 17.8. The van der Waals surface area contributed by atoms with Crippen molar-refractivity contribution in [1.29, 1.82) is 0 Å². The standard InChI is InChI=1S/C23H36N4O2/c1-2-24-23(25-13-6-16-29-18-20-7-8-20)26-17-19-9-11-21(12-10-19)22(28)27-14-4-3-5-15-27/h9-12,20H,2-8,13-18H2,1H3,(H2,24,25,26). The highest BCUT2D eigenvalue weighted by atomic mass is 16.5. The van der Waals surface area contributed by atoms with Gasteiger partial charge in [0, 0.05) is 45.0 Å². The van der Waals surface area contributed by atoms with Gasteiger partial charge in [0.25, 0.3) is 5.91 Å². The number of benzene rings is 1. The molecule has 0 spiro atoms. The van der Waals surface area contributed by atoms with Crippen LogP contribution in [0.15, 0.2) is 29.3 Å². The van der Waals surface area contributed by atoms with Gasteiger partial charge in [0.05, 0.1) is 6.54 Å². The van der Waals surface area contributed by atoms with Gasteiger partial charge in [-0.2, -0.15) is 0 Å². The molecule has 1 aliphatic carbocycles. The van der Waals surface area contributed by atoms with Gasteiger partial charge in [0.1, 0.15) is 0 Å². The molecular weight excluding hydrogens is 364 g/mol. The van der Waals surface area contributed by atoms with Crippen molar-refractivity contribution in [3.05, 3.63) is 35.4 Å². The zero-order valence-electron chi connectivity index (χ0n) is 17.8. The van der Waals surface area contributed by atoms with E-state index in [0.717, 1.165) is 81.7 Å². The van der Waals surface area contributed by atoms with Crippen LogP contribution in [0.1, 0.15) is 61.4 Å². The van der Waals surface area contributed by atoms with Crippen LogP contribution in [-0.2, 0) is 11.3 Å². The monoisotopic (exact) mass is 400 g/mol. The number of guanidine groups is 1. The Morgan fingerprint density at radius 1 is 1.14 bits per heavy atom. The third-order valence-corrected chi connectivity index (χ3v) is 5.42. The van der Waals surface area contributed by atoms with E-state index in [9.17, 15) is 4.79 Å². The third-order valence-electron chi connectivity index (χ3n) is 5.42. The van der Waals surface area contributed by atoms with E-state index in [1.54, 1.807) is 0 Å². The molecular formula is C23H36N4O2. The minimum atomic E-state index is 0.152. The second kappa shape index (κ2) is 11.8. The van der Waals surface area contributed by atoms with Crippen molar-refractivity contribution >= 4 is 11.9 Å². The van der Waals surface area contributed by atoms with E-state index in [-0.39, 0.29) is 5.91 Å². The molecule has 1 aromatic carbocycles. The fourth-order valence-electron chi connectivity index (χ4n) is 3.46. The molecule has 0 radical (unpaired) electrons. The van der Waals surface area contributed by atoms with E-state index < -0.39 is 0 Å². The summed E-state index contributed by atoms with van der Waals surface area (Å²) in [6.45, 7) is 7.82. The molecule has 2 aliphatic rings. The van der Waals surface area contributed by atoms with Gasteiger partial charge in [-0.25, -0.2) is 4.99 Å². The molecule has 1 saturated heterocycles. The number of hydrogen-bond donors (Lipinski definition) is 2. The molecule has 0 aromatic heterocycles. The molecule has 2 fully saturated rings. The van der Waals surface area contributed by atoms with Crippen LogP contribution in [0.5, 0.6) is 0 Å². The maximum atomic E-state index is 12.6. The largest absolute Gasteiger partial charge is 0.381 e. The molecule has 3 rings (SSSR count). The van der Waals surface area contributed by atoms with E-state index in [4.69, 9.17) is 4.74 Å². The van der Waals surface area contributed by atoms with Gasteiger partial charge in [0.15, 0.2) is 5.96 Å². The van der Waals surface area contributed by atoms with Gasteiger partial charge in [-0.1, -0.05) is 12.1 Å². The Balaban J connectivity index is 1.42. The van der Waals surface area contributed by atoms with Crippen LogP contribution in [0.25, 0.3) is 0 Å². The third kappa shape index (κ3) is 7.69. The van der Waals surface area contributed by atoms with Crippen molar-refractivity contribution in [1.82, 2.24) is 15.5 Å². The Bertz CT molecular complexity index is 649. The van der Waals surface area contributed by atoms with E-state index in [0.29, 0.717) is 6.54 Å². The van der Waals surface area contributed by atoms with Crippen molar-refractivity contribution in [3.63, 3.8) is 0 Å². The Morgan fingerprint density at radius 2 is 1.90 bits per heavy atom. The predicted molar refractivity (Wildman–Crippen MR) is 117 cm³/mol. The first-order valence-corrected chi connectivity index (χ1v) is 11.2. The van der Waals surface area contributed by atoms with Crippen LogP contribution >= 0.6 is 0 Å². The average Bonchev–Trinajstić information content (AvgIpc) is 3.59. The number of nitrogens with zero attached hydrogens (tertiary/aromatic N) is 2. The van der Waals surface area contributed by atoms with Crippen LogP contribution in [0.2, 0.25) is 0 Å². The number of amides is 1. The molecule has 160 valence electrons. The number of nitrogens with one attached hydrogen (secondary N) is 2. The maximum Gasteiger partial charge on any atom is 0.253 e. The second-order valence-corrected chi connectivity index (χ2v) is 8.04. The fraction of sp³-hybridized carbons (Fsp3) is 0.652. The molecule has 0 bridgehead atoms. The smallest absolute Gasteiger partial charge is 0.253 e. The van der Waals surface area contributed by atoms with Gasteiger partial charge >= 0.3 is 0 Å². The molecule has 2 N–H and O–H groups in total. The highest BCUT2D eigenvalue weighted by Crippen LogP contribution is 2.28. The molecule has 0 atom stereocenters. The van der Waals surface area contributed by atoms with Gasteiger partial charge in [-0.05, 0) is 69.1 Å². The van der Waals surface area contributed by atoms with E-state index in [2.05, 4.69) is 22.5 Å². The Morgan fingerprint density at radius 3 is 2.59 bits per heavy atom. The summed E-state index contributed by atoms with van der Waals surface area (Å²) in [6.07, 6.45) is 7.11. The van der Waals surface area contributed by atoms with Gasteiger partial charge < -0.3 is 20.3 Å². The molecule has 1 amide bonds. The van der Waals surface area contributed by atoms with Gasteiger partial charge in [0.2, 0.25) is 0 Å². The molecule has 1 aliphatic heterocycles. The first kappa shape index (κ1) is 21.6. The number of ether oxygens (including phenoxy) is 1. The summed E-state index contributed by atoms with van der Waals surface area (Å²) in [7, 11) is 0.